The van der Waals surface area contributed by atoms with E-state index in [9.17, 15) is 14.7 Å². The molecule has 1 aliphatic rings. The lowest BCUT2D eigenvalue weighted by Gasteiger charge is -2.25. The van der Waals surface area contributed by atoms with Crippen LogP contribution in [0.1, 0.15) is 32.8 Å². The van der Waals surface area contributed by atoms with Crippen molar-refractivity contribution >= 4 is 23.0 Å². The van der Waals surface area contributed by atoms with E-state index in [1.165, 1.54) is 16.2 Å². The van der Waals surface area contributed by atoms with E-state index in [-0.39, 0.29) is 17.9 Å². The molecule has 0 spiro atoms. The molecular formula is C22H19NO5S. The average molecular weight is 409 g/mol. The van der Waals surface area contributed by atoms with Gasteiger partial charge in [-0.1, -0.05) is 18.2 Å². The van der Waals surface area contributed by atoms with Crippen LogP contribution < -0.4 is 4.74 Å². The highest BCUT2D eigenvalue weighted by Crippen LogP contribution is 2.41. The van der Waals surface area contributed by atoms with Gasteiger partial charge in [-0.05, 0) is 48.2 Å². The fourth-order valence-corrected chi connectivity index (χ4v) is 4.13. The van der Waals surface area contributed by atoms with E-state index in [2.05, 4.69) is 0 Å². The third kappa shape index (κ3) is 3.45. The Labute approximate surface area is 171 Å². The minimum Gasteiger partial charge on any atom is -0.503 e. The van der Waals surface area contributed by atoms with Crippen molar-refractivity contribution in [3.05, 3.63) is 87.2 Å². The van der Waals surface area contributed by atoms with Crippen LogP contribution in [0.2, 0.25) is 0 Å². The fraction of sp³-hybridized carbons (Fsp3) is 0.182. The van der Waals surface area contributed by atoms with Crippen molar-refractivity contribution in [3.63, 3.8) is 0 Å². The second kappa shape index (κ2) is 7.60. The van der Waals surface area contributed by atoms with Gasteiger partial charge in [0.2, 0.25) is 5.78 Å². The van der Waals surface area contributed by atoms with E-state index in [1.807, 2.05) is 24.3 Å². The lowest BCUT2D eigenvalue weighted by Crippen LogP contribution is -2.30. The predicted molar refractivity (Wildman–Crippen MR) is 108 cm³/mol. The SMILES string of the molecule is COc1cccc(CN2C(=O)C(O)=C(C(=O)c3cccs3)C2c2ccc(C)o2)c1. The van der Waals surface area contributed by atoms with Gasteiger partial charge in [-0.2, -0.15) is 0 Å². The van der Waals surface area contributed by atoms with Gasteiger partial charge in [0.05, 0.1) is 17.6 Å². The van der Waals surface area contributed by atoms with E-state index in [0.29, 0.717) is 22.1 Å². The summed E-state index contributed by atoms with van der Waals surface area (Å²) in [5.74, 6) is 0.229. The molecule has 1 atom stereocenters. The summed E-state index contributed by atoms with van der Waals surface area (Å²) in [5, 5.41) is 12.4. The van der Waals surface area contributed by atoms with E-state index in [4.69, 9.17) is 9.15 Å². The molecule has 0 saturated heterocycles. The molecule has 148 valence electrons. The monoisotopic (exact) mass is 409 g/mol. The number of rotatable bonds is 6. The Hall–Kier alpha value is -3.32. The highest BCUT2D eigenvalue weighted by atomic mass is 32.1. The Balaban J connectivity index is 1.76. The Morgan fingerprint density at radius 1 is 1.24 bits per heavy atom. The Bertz CT molecular complexity index is 1100. The lowest BCUT2D eigenvalue weighted by molar-refractivity contribution is -0.130. The topological polar surface area (TPSA) is 80.0 Å². The first-order valence-electron chi connectivity index (χ1n) is 9.01. The summed E-state index contributed by atoms with van der Waals surface area (Å²) in [6.07, 6.45) is 0. The van der Waals surface area contributed by atoms with Gasteiger partial charge in [0.25, 0.3) is 5.91 Å². The smallest absolute Gasteiger partial charge is 0.290 e. The molecule has 1 N–H and O–H groups in total. The molecule has 1 aromatic carbocycles. The Morgan fingerprint density at radius 3 is 2.72 bits per heavy atom. The fourth-order valence-electron chi connectivity index (χ4n) is 3.45. The highest BCUT2D eigenvalue weighted by molar-refractivity contribution is 7.12. The number of aliphatic hydroxyl groups is 1. The normalized spacial score (nSPS) is 16.6. The first kappa shape index (κ1) is 19.0. The molecule has 0 bridgehead atoms. The van der Waals surface area contributed by atoms with E-state index >= 15 is 0 Å². The van der Waals surface area contributed by atoms with Gasteiger partial charge in [0.15, 0.2) is 5.76 Å². The van der Waals surface area contributed by atoms with Crippen LogP contribution in [-0.4, -0.2) is 28.8 Å². The maximum atomic E-state index is 13.1. The zero-order valence-corrected chi connectivity index (χ0v) is 16.7. The zero-order chi connectivity index (χ0) is 20.5. The third-order valence-corrected chi connectivity index (χ3v) is 5.68. The molecule has 7 heteroatoms. The number of hydrogen-bond acceptors (Lipinski definition) is 6. The van der Waals surface area contributed by atoms with Crippen molar-refractivity contribution in [1.29, 1.82) is 0 Å². The van der Waals surface area contributed by atoms with Crippen LogP contribution in [0.4, 0.5) is 0 Å². The minimum atomic E-state index is -0.808. The third-order valence-electron chi connectivity index (χ3n) is 4.81. The maximum Gasteiger partial charge on any atom is 0.290 e. The van der Waals surface area contributed by atoms with E-state index < -0.39 is 17.7 Å². The quantitative estimate of drug-likeness (QED) is 0.609. The first-order valence-corrected chi connectivity index (χ1v) is 9.89. The van der Waals surface area contributed by atoms with Crippen LogP contribution in [0.5, 0.6) is 5.75 Å². The number of aryl methyl sites for hydroxylation is 1. The van der Waals surface area contributed by atoms with Gasteiger partial charge in [0, 0.05) is 6.54 Å². The van der Waals surface area contributed by atoms with Crippen LogP contribution in [-0.2, 0) is 11.3 Å². The molecule has 0 saturated carbocycles. The zero-order valence-electron chi connectivity index (χ0n) is 15.9. The lowest BCUT2D eigenvalue weighted by atomic mass is 10.00. The summed E-state index contributed by atoms with van der Waals surface area (Å²) in [6, 6.07) is 13.4. The predicted octanol–water partition coefficient (Wildman–Crippen LogP) is 4.44. The molecule has 0 aliphatic carbocycles. The molecule has 0 fully saturated rings. The molecule has 1 amide bonds. The molecule has 0 radical (unpaired) electrons. The summed E-state index contributed by atoms with van der Waals surface area (Å²) < 4.78 is 11.0. The Morgan fingerprint density at radius 2 is 2.07 bits per heavy atom. The maximum absolute atomic E-state index is 13.1. The number of methoxy groups -OCH3 is 1. The van der Waals surface area contributed by atoms with E-state index in [0.717, 1.165) is 5.56 Å². The number of benzene rings is 1. The van der Waals surface area contributed by atoms with Gasteiger partial charge in [-0.3, -0.25) is 9.59 Å². The summed E-state index contributed by atoms with van der Waals surface area (Å²) in [7, 11) is 1.57. The van der Waals surface area contributed by atoms with Gasteiger partial charge in [-0.15, -0.1) is 11.3 Å². The van der Waals surface area contributed by atoms with Crippen molar-refractivity contribution < 1.29 is 23.8 Å². The number of nitrogens with zero attached hydrogens (tertiary/aromatic N) is 1. The van der Waals surface area contributed by atoms with Gasteiger partial charge in [-0.25, -0.2) is 0 Å². The molecule has 1 unspecified atom stereocenters. The van der Waals surface area contributed by atoms with Crippen LogP contribution in [0.15, 0.2) is 69.7 Å². The molecule has 3 heterocycles. The number of carbonyl (C=O) groups is 2. The van der Waals surface area contributed by atoms with Crippen molar-refractivity contribution in [2.24, 2.45) is 0 Å². The number of furan rings is 1. The summed E-state index contributed by atoms with van der Waals surface area (Å²) >= 11 is 1.26. The van der Waals surface area contributed by atoms with Gasteiger partial charge < -0.3 is 19.2 Å². The highest BCUT2D eigenvalue weighted by Gasteiger charge is 2.45. The standard InChI is InChI=1S/C22H19NO5S/c1-13-8-9-16(28-13)19-18(20(24)17-7-4-10-29-17)21(25)22(26)23(19)12-14-5-3-6-15(11-14)27-2/h3-11,19,25H,12H2,1-2H3. The Kier molecular flexibility index (Phi) is 4.98. The molecule has 1 aliphatic heterocycles. The number of ketones is 1. The number of aliphatic hydroxyl groups excluding tert-OH is 1. The molecule has 6 nitrogen and oxygen atoms in total. The summed E-state index contributed by atoms with van der Waals surface area (Å²) in [4.78, 5) is 27.9. The van der Waals surface area contributed by atoms with Crippen molar-refractivity contribution in [1.82, 2.24) is 4.90 Å². The van der Waals surface area contributed by atoms with Crippen molar-refractivity contribution in [2.75, 3.05) is 7.11 Å². The van der Waals surface area contributed by atoms with Crippen LogP contribution in [0.25, 0.3) is 0 Å². The second-order valence-electron chi connectivity index (χ2n) is 6.70. The van der Waals surface area contributed by atoms with Crippen LogP contribution in [0, 0.1) is 6.92 Å². The first-order chi connectivity index (χ1) is 14.0. The van der Waals surface area contributed by atoms with Gasteiger partial charge in [0.1, 0.15) is 23.3 Å². The molecule has 3 aromatic rings. The van der Waals surface area contributed by atoms with Crippen molar-refractivity contribution in [2.45, 2.75) is 19.5 Å². The number of ether oxygens (including phenoxy) is 1. The molecule has 4 rings (SSSR count). The number of carbonyl (C=O) groups excluding carboxylic acids is 2. The van der Waals surface area contributed by atoms with Crippen molar-refractivity contribution in [3.8, 4) is 5.75 Å². The van der Waals surface area contributed by atoms with Crippen LogP contribution in [0.3, 0.4) is 0 Å². The average Bonchev–Trinajstić information content (AvgIpc) is 3.45. The molecule has 29 heavy (non-hydrogen) atoms. The molecular weight excluding hydrogens is 390 g/mol. The number of Topliss-reactive ketones (excluding diaryl/α,β-unsaturated/α-hetero) is 1. The van der Waals surface area contributed by atoms with E-state index in [1.54, 1.807) is 43.7 Å². The molecule has 2 aromatic heterocycles. The number of thiophene rings is 1. The van der Waals surface area contributed by atoms with Crippen LogP contribution >= 0.6 is 11.3 Å². The second-order valence-corrected chi connectivity index (χ2v) is 7.65. The summed E-state index contributed by atoms with van der Waals surface area (Å²) in [5.41, 5.74) is 0.846. The number of amides is 1. The van der Waals surface area contributed by atoms with Gasteiger partial charge >= 0.3 is 0 Å². The summed E-state index contributed by atoms with van der Waals surface area (Å²) in [6.45, 7) is 1.97. The largest absolute Gasteiger partial charge is 0.503 e. The number of hydrogen-bond donors (Lipinski definition) is 1. The minimum absolute atomic E-state index is 0.0368.